The highest BCUT2D eigenvalue weighted by molar-refractivity contribution is 8.00. The van der Waals surface area contributed by atoms with Crippen LogP contribution in [0.15, 0.2) is 53.4 Å². The van der Waals surface area contributed by atoms with Crippen LogP contribution in [0.4, 0.5) is 4.39 Å². The zero-order valence-corrected chi connectivity index (χ0v) is 16.0. The number of nitrogens with one attached hydrogen (secondary N) is 1. The summed E-state index contributed by atoms with van der Waals surface area (Å²) in [6.45, 7) is 2.46. The third kappa shape index (κ3) is 6.63. The van der Waals surface area contributed by atoms with E-state index in [9.17, 15) is 9.18 Å². The minimum absolute atomic E-state index is 0.00677. The molecule has 3 nitrogen and oxygen atoms in total. The Bertz CT molecular complexity index is 679. The number of ether oxygens (including phenoxy) is 1. The van der Waals surface area contributed by atoms with Crippen molar-refractivity contribution in [3.8, 4) is 5.75 Å². The zero-order chi connectivity index (χ0) is 18.1. The van der Waals surface area contributed by atoms with E-state index in [1.165, 1.54) is 17.8 Å². The highest BCUT2D eigenvalue weighted by Gasteiger charge is 2.13. The summed E-state index contributed by atoms with van der Waals surface area (Å²) in [5, 5.41) is 2.75. The quantitative estimate of drug-likeness (QED) is 0.519. The van der Waals surface area contributed by atoms with E-state index in [2.05, 4.69) is 5.32 Å². The molecule has 0 aliphatic heterocycles. The van der Waals surface area contributed by atoms with E-state index in [1.54, 1.807) is 31.0 Å². The fraction of sp³-hybridized carbons (Fsp3) is 0.316. The third-order valence-corrected chi connectivity index (χ3v) is 5.62. The number of methoxy groups -OCH3 is 1. The second-order valence-corrected chi connectivity index (χ2v) is 7.89. The Morgan fingerprint density at radius 3 is 2.60 bits per heavy atom. The monoisotopic (exact) mass is 379 g/mol. The van der Waals surface area contributed by atoms with Gasteiger partial charge < -0.3 is 10.1 Å². The molecule has 2 aromatic carbocycles. The van der Waals surface area contributed by atoms with Crippen molar-refractivity contribution in [2.45, 2.75) is 22.8 Å². The lowest BCUT2D eigenvalue weighted by molar-refractivity contribution is -0.120. The maximum Gasteiger partial charge on any atom is 0.233 e. The molecule has 0 radical (unpaired) electrons. The number of benzene rings is 2. The lowest BCUT2D eigenvalue weighted by Gasteiger charge is -2.12. The molecule has 0 bridgehead atoms. The van der Waals surface area contributed by atoms with Gasteiger partial charge in [0.25, 0.3) is 0 Å². The van der Waals surface area contributed by atoms with Gasteiger partial charge in [-0.1, -0.05) is 18.2 Å². The lowest BCUT2D eigenvalue weighted by atomic mass is 10.2. The van der Waals surface area contributed by atoms with Crippen molar-refractivity contribution in [3.63, 3.8) is 0 Å². The van der Waals surface area contributed by atoms with E-state index < -0.39 is 0 Å². The fourth-order valence-electron chi connectivity index (χ4n) is 2.10. The predicted octanol–water partition coefficient (Wildman–Crippen LogP) is 4.36. The summed E-state index contributed by atoms with van der Waals surface area (Å²) in [6, 6.07) is 14.4. The molecule has 0 saturated heterocycles. The second kappa shape index (κ2) is 10.4. The van der Waals surface area contributed by atoms with Crippen LogP contribution < -0.4 is 10.1 Å². The van der Waals surface area contributed by atoms with E-state index in [0.29, 0.717) is 17.9 Å². The van der Waals surface area contributed by atoms with Gasteiger partial charge in [-0.3, -0.25) is 4.79 Å². The van der Waals surface area contributed by atoms with Crippen molar-refractivity contribution in [1.82, 2.24) is 5.32 Å². The first-order valence-electron chi connectivity index (χ1n) is 7.99. The van der Waals surface area contributed by atoms with Crippen molar-refractivity contribution >= 4 is 29.4 Å². The summed E-state index contributed by atoms with van der Waals surface area (Å²) in [6.07, 6.45) is 0. The van der Waals surface area contributed by atoms with Crippen molar-refractivity contribution in [1.29, 1.82) is 0 Å². The van der Waals surface area contributed by atoms with E-state index in [-0.39, 0.29) is 17.0 Å². The number of halogens is 1. The maximum atomic E-state index is 13.5. The van der Waals surface area contributed by atoms with Crippen LogP contribution in [0, 0.1) is 5.82 Å². The summed E-state index contributed by atoms with van der Waals surface area (Å²) < 4.78 is 18.6. The van der Waals surface area contributed by atoms with E-state index >= 15 is 0 Å². The molecule has 0 aliphatic rings. The smallest absolute Gasteiger partial charge is 0.233 e. The van der Waals surface area contributed by atoms with Crippen LogP contribution in [0.25, 0.3) is 0 Å². The van der Waals surface area contributed by atoms with Gasteiger partial charge in [-0.15, -0.1) is 11.8 Å². The fourth-order valence-corrected chi connectivity index (χ4v) is 3.84. The summed E-state index contributed by atoms with van der Waals surface area (Å²) in [4.78, 5) is 13.2. The first-order chi connectivity index (χ1) is 12.1. The van der Waals surface area contributed by atoms with Gasteiger partial charge in [0.05, 0.1) is 12.4 Å². The van der Waals surface area contributed by atoms with Gasteiger partial charge in [0.15, 0.2) is 0 Å². The van der Waals surface area contributed by atoms with Crippen LogP contribution in [0.3, 0.4) is 0 Å². The molecule has 0 aliphatic carbocycles. The largest absolute Gasteiger partial charge is 0.497 e. The van der Waals surface area contributed by atoms with Crippen LogP contribution in [0.5, 0.6) is 5.75 Å². The average Bonchev–Trinajstić information content (AvgIpc) is 2.63. The van der Waals surface area contributed by atoms with Crippen LogP contribution in [0.1, 0.15) is 12.5 Å². The molecule has 0 fully saturated rings. The van der Waals surface area contributed by atoms with Crippen LogP contribution in [-0.2, 0) is 10.5 Å². The molecule has 1 atom stereocenters. The molecular weight excluding hydrogens is 357 g/mol. The minimum atomic E-state index is -0.177. The number of rotatable bonds is 9. The molecule has 0 aromatic heterocycles. The Morgan fingerprint density at radius 2 is 1.92 bits per heavy atom. The highest BCUT2D eigenvalue weighted by atomic mass is 32.2. The molecule has 2 rings (SSSR count). The van der Waals surface area contributed by atoms with E-state index in [1.807, 2.05) is 37.3 Å². The first kappa shape index (κ1) is 19.7. The number of carbonyl (C=O) groups excluding carboxylic acids is 1. The Labute approximate surface area is 156 Å². The number of hydrogen-bond acceptors (Lipinski definition) is 4. The Morgan fingerprint density at radius 1 is 1.20 bits per heavy atom. The van der Waals surface area contributed by atoms with Crippen LogP contribution >= 0.6 is 23.5 Å². The lowest BCUT2D eigenvalue weighted by Crippen LogP contribution is -2.32. The Balaban J connectivity index is 1.66. The zero-order valence-electron chi connectivity index (χ0n) is 14.3. The van der Waals surface area contributed by atoms with E-state index in [0.717, 1.165) is 16.4 Å². The molecule has 1 amide bonds. The van der Waals surface area contributed by atoms with Gasteiger partial charge in [0, 0.05) is 22.9 Å². The number of thioether (sulfide) groups is 2. The number of amides is 1. The molecule has 2 aromatic rings. The summed E-state index contributed by atoms with van der Waals surface area (Å²) in [5.41, 5.74) is 0.697. The second-order valence-electron chi connectivity index (χ2n) is 5.37. The maximum absolute atomic E-state index is 13.5. The summed E-state index contributed by atoms with van der Waals surface area (Å²) >= 11 is 3.12. The molecular formula is C19H22FNO2S2. The third-order valence-electron chi connectivity index (χ3n) is 3.50. The van der Waals surface area contributed by atoms with E-state index in [4.69, 9.17) is 4.74 Å². The van der Waals surface area contributed by atoms with Crippen LogP contribution in [-0.4, -0.2) is 30.6 Å². The topological polar surface area (TPSA) is 38.3 Å². The molecule has 134 valence electrons. The summed E-state index contributed by atoms with van der Waals surface area (Å²) in [5.74, 6) is 1.99. The molecule has 0 spiro atoms. The van der Waals surface area contributed by atoms with Gasteiger partial charge in [0.1, 0.15) is 11.6 Å². The van der Waals surface area contributed by atoms with Crippen molar-refractivity contribution in [2.24, 2.45) is 0 Å². The predicted molar refractivity (Wildman–Crippen MR) is 104 cm³/mol. The van der Waals surface area contributed by atoms with Gasteiger partial charge in [-0.25, -0.2) is 4.39 Å². The molecule has 6 heteroatoms. The van der Waals surface area contributed by atoms with Crippen molar-refractivity contribution in [2.75, 3.05) is 19.4 Å². The van der Waals surface area contributed by atoms with Crippen LogP contribution in [0.2, 0.25) is 0 Å². The molecule has 0 heterocycles. The van der Waals surface area contributed by atoms with Crippen molar-refractivity contribution in [3.05, 3.63) is 59.9 Å². The standard InChI is InChI=1S/C19H22FNO2S2/c1-14(25-17-9-7-16(23-2)8-10-17)19(22)21-11-12-24-13-15-5-3-4-6-18(15)20/h3-10,14H,11-13H2,1-2H3,(H,21,22)/t14-/m1/s1. The minimum Gasteiger partial charge on any atom is -0.497 e. The normalized spacial score (nSPS) is 11.8. The van der Waals surface area contributed by atoms with Gasteiger partial charge in [-0.2, -0.15) is 11.8 Å². The Hall–Kier alpha value is -1.66. The van der Waals surface area contributed by atoms with Crippen molar-refractivity contribution < 1.29 is 13.9 Å². The summed E-state index contributed by atoms with van der Waals surface area (Å²) in [7, 11) is 1.63. The first-order valence-corrected chi connectivity index (χ1v) is 10.0. The molecule has 0 unspecified atom stereocenters. The molecule has 1 N–H and O–H groups in total. The highest BCUT2D eigenvalue weighted by Crippen LogP contribution is 2.25. The van der Waals surface area contributed by atoms with Gasteiger partial charge in [0.2, 0.25) is 5.91 Å². The van der Waals surface area contributed by atoms with Gasteiger partial charge >= 0.3 is 0 Å². The SMILES string of the molecule is COc1ccc(S[C@H](C)C(=O)NCCSCc2ccccc2F)cc1. The average molecular weight is 380 g/mol. The molecule has 0 saturated carbocycles. The van der Waals surface area contributed by atoms with Gasteiger partial charge in [-0.05, 0) is 42.8 Å². The molecule has 25 heavy (non-hydrogen) atoms. The number of carbonyl (C=O) groups is 1. The number of hydrogen-bond donors (Lipinski definition) is 1. The Kier molecular flexibility index (Phi) is 8.15.